The maximum atomic E-state index is 12.7. The van der Waals surface area contributed by atoms with Crippen LogP contribution in [0.4, 0.5) is 5.69 Å². The number of aromatic nitrogens is 2. The number of fused-ring (bicyclic) bond motifs is 1. The maximum Gasteiger partial charge on any atom is 0.238 e. The highest BCUT2D eigenvalue weighted by atomic mass is 32.2. The van der Waals surface area contributed by atoms with E-state index in [1.807, 2.05) is 50.5 Å². The molecule has 0 radical (unpaired) electrons. The van der Waals surface area contributed by atoms with Crippen LogP contribution in [0.25, 0.3) is 11.0 Å². The van der Waals surface area contributed by atoms with Crippen molar-refractivity contribution in [1.82, 2.24) is 9.55 Å². The van der Waals surface area contributed by atoms with Gasteiger partial charge in [-0.3, -0.25) is 4.79 Å². The quantitative estimate of drug-likeness (QED) is 0.580. The Hall–Kier alpha value is -2.36. The summed E-state index contributed by atoms with van der Waals surface area (Å²) in [5, 5.41) is 8.46. The number of nitrogens with two attached hydrogens (primary N) is 1. The second-order valence-corrected chi connectivity index (χ2v) is 9.77. The molecule has 9 heteroatoms. The number of nitrogens with zero attached hydrogens (tertiary/aromatic N) is 2. The molecule has 3 N–H and O–H groups in total. The third-order valence-electron chi connectivity index (χ3n) is 4.63. The number of rotatable bonds is 6. The first-order valence-corrected chi connectivity index (χ1v) is 11.6. The summed E-state index contributed by atoms with van der Waals surface area (Å²) in [6, 6.07) is 10.5. The monoisotopic (exact) mass is 432 g/mol. The molecule has 1 unspecified atom stereocenters. The Morgan fingerprint density at radius 1 is 1.24 bits per heavy atom. The van der Waals surface area contributed by atoms with Crippen LogP contribution in [-0.4, -0.2) is 29.1 Å². The van der Waals surface area contributed by atoms with Crippen molar-refractivity contribution < 1.29 is 13.2 Å². The van der Waals surface area contributed by atoms with Crippen molar-refractivity contribution in [2.75, 3.05) is 5.32 Å². The molecule has 1 aromatic heterocycles. The van der Waals surface area contributed by atoms with Gasteiger partial charge in [0.2, 0.25) is 15.9 Å². The Morgan fingerprint density at radius 2 is 1.97 bits per heavy atom. The van der Waals surface area contributed by atoms with Crippen LogP contribution in [0.2, 0.25) is 0 Å². The number of imidazole rings is 1. The zero-order valence-corrected chi connectivity index (χ0v) is 18.4. The molecule has 3 aromatic rings. The molecule has 1 heterocycles. The SMILES string of the molecule is CCn1c(SC(C)C(=O)Nc2cc(C)ccc2C)nc2cc(S(N)(=O)=O)ccc21. The Kier molecular flexibility index (Phi) is 6.02. The number of anilines is 1. The third-order valence-corrected chi connectivity index (χ3v) is 6.63. The van der Waals surface area contributed by atoms with Crippen LogP contribution in [0.1, 0.15) is 25.0 Å². The van der Waals surface area contributed by atoms with E-state index in [1.165, 1.54) is 23.9 Å². The van der Waals surface area contributed by atoms with Crippen LogP contribution in [0.5, 0.6) is 0 Å². The molecular weight excluding hydrogens is 408 g/mol. The molecule has 0 saturated carbocycles. The lowest BCUT2D eigenvalue weighted by Gasteiger charge is -2.14. The molecule has 0 bridgehead atoms. The summed E-state index contributed by atoms with van der Waals surface area (Å²) < 4.78 is 25.2. The fourth-order valence-corrected chi connectivity index (χ4v) is 4.50. The van der Waals surface area contributed by atoms with Crippen LogP contribution in [0, 0.1) is 13.8 Å². The molecule has 29 heavy (non-hydrogen) atoms. The minimum atomic E-state index is -3.80. The van der Waals surface area contributed by atoms with E-state index in [0.29, 0.717) is 17.2 Å². The van der Waals surface area contributed by atoms with E-state index in [4.69, 9.17) is 5.14 Å². The van der Waals surface area contributed by atoms with Gasteiger partial charge in [0.25, 0.3) is 0 Å². The van der Waals surface area contributed by atoms with Crippen LogP contribution >= 0.6 is 11.8 Å². The Balaban J connectivity index is 1.86. The molecular formula is C20H24N4O3S2. The smallest absolute Gasteiger partial charge is 0.238 e. The molecule has 3 rings (SSSR count). The molecule has 0 aliphatic heterocycles. The summed E-state index contributed by atoms with van der Waals surface area (Å²) in [7, 11) is -3.80. The molecule has 2 aromatic carbocycles. The van der Waals surface area contributed by atoms with Crippen molar-refractivity contribution in [3.05, 3.63) is 47.5 Å². The normalized spacial score (nSPS) is 12.9. The number of hydrogen-bond acceptors (Lipinski definition) is 5. The first-order chi connectivity index (χ1) is 13.6. The fourth-order valence-electron chi connectivity index (χ4n) is 2.98. The highest BCUT2D eigenvalue weighted by molar-refractivity contribution is 8.00. The second-order valence-electron chi connectivity index (χ2n) is 6.90. The van der Waals surface area contributed by atoms with E-state index in [9.17, 15) is 13.2 Å². The second kappa shape index (κ2) is 8.17. The highest BCUT2D eigenvalue weighted by Crippen LogP contribution is 2.29. The highest BCUT2D eigenvalue weighted by Gasteiger charge is 2.20. The first-order valence-electron chi connectivity index (χ1n) is 9.18. The number of benzene rings is 2. The van der Waals surface area contributed by atoms with Crippen LogP contribution < -0.4 is 10.5 Å². The molecule has 154 valence electrons. The maximum absolute atomic E-state index is 12.7. The van der Waals surface area contributed by atoms with Gasteiger partial charge in [-0.25, -0.2) is 18.5 Å². The lowest BCUT2D eigenvalue weighted by Crippen LogP contribution is -2.23. The van der Waals surface area contributed by atoms with Crippen LogP contribution in [0.15, 0.2) is 46.5 Å². The fraction of sp³-hybridized carbons (Fsp3) is 0.300. The van der Waals surface area contributed by atoms with Gasteiger partial charge < -0.3 is 9.88 Å². The molecule has 7 nitrogen and oxygen atoms in total. The Bertz CT molecular complexity index is 1190. The zero-order valence-electron chi connectivity index (χ0n) is 16.8. The standard InChI is InChI=1S/C20H24N4O3S2/c1-5-24-18-9-8-15(29(21,26)27)11-17(18)23-20(24)28-14(4)19(25)22-16-10-12(2)6-7-13(16)3/h6-11,14H,5H2,1-4H3,(H,22,25)(H2,21,26,27). The number of hydrogen-bond donors (Lipinski definition) is 2. The van der Waals surface area contributed by atoms with Gasteiger partial charge in [0, 0.05) is 12.2 Å². The number of carbonyl (C=O) groups excluding carboxylic acids is 1. The van der Waals surface area contributed by atoms with Crippen molar-refractivity contribution in [2.45, 2.75) is 49.5 Å². The average molecular weight is 433 g/mol. The van der Waals surface area contributed by atoms with E-state index in [2.05, 4.69) is 10.3 Å². The largest absolute Gasteiger partial charge is 0.325 e. The van der Waals surface area contributed by atoms with Crippen molar-refractivity contribution in [2.24, 2.45) is 5.14 Å². The zero-order chi connectivity index (χ0) is 21.3. The molecule has 0 aliphatic rings. The van der Waals surface area contributed by atoms with Gasteiger partial charge in [-0.05, 0) is 63.1 Å². The average Bonchev–Trinajstić information content (AvgIpc) is 2.99. The number of primary sulfonamides is 1. The molecule has 1 atom stereocenters. The van der Waals surface area contributed by atoms with Gasteiger partial charge >= 0.3 is 0 Å². The third kappa shape index (κ3) is 4.63. The van der Waals surface area contributed by atoms with Gasteiger partial charge in [-0.15, -0.1) is 0 Å². The molecule has 0 saturated heterocycles. The first kappa shape index (κ1) is 21.4. The van der Waals surface area contributed by atoms with E-state index >= 15 is 0 Å². The van der Waals surface area contributed by atoms with Gasteiger partial charge in [0.1, 0.15) is 0 Å². The van der Waals surface area contributed by atoms with Gasteiger partial charge in [-0.1, -0.05) is 23.9 Å². The number of aryl methyl sites for hydroxylation is 3. The summed E-state index contributed by atoms with van der Waals surface area (Å²) in [6.07, 6.45) is 0. The summed E-state index contributed by atoms with van der Waals surface area (Å²) in [4.78, 5) is 17.3. The van der Waals surface area contributed by atoms with E-state index in [0.717, 1.165) is 22.3 Å². The van der Waals surface area contributed by atoms with Crippen molar-refractivity contribution in [1.29, 1.82) is 0 Å². The van der Waals surface area contributed by atoms with E-state index in [-0.39, 0.29) is 10.8 Å². The van der Waals surface area contributed by atoms with E-state index < -0.39 is 15.3 Å². The molecule has 0 aliphatic carbocycles. The van der Waals surface area contributed by atoms with Crippen molar-refractivity contribution >= 4 is 44.4 Å². The summed E-state index contributed by atoms with van der Waals surface area (Å²) >= 11 is 1.33. The molecule has 0 spiro atoms. The number of sulfonamides is 1. The predicted molar refractivity (Wildman–Crippen MR) is 117 cm³/mol. The minimum Gasteiger partial charge on any atom is -0.325 e. The number of thioether (sulfide) groups is 1. The topological polar surface area (TPSA) is 107 Å². The summed E-state index contributed by atoms with van der Waals surface area (Å²) in [5.41, 5.74) is 4.19. The van der Waals surface area contributed by atoms with Crippen molar-refractivity contribution in [3.8, 4) is 0 Å². The summed E-state index contributed by atoms with van der Waals surface area (Å²) in [5.74, 6) is -0.122. The lowest BCUT2D eigenvalue weighted by molar-refractivity contribution is -0.115. The lowest BCUT2D eigenvalue weighted by atomic mass is 10.1. The minimum absolute atomic E-state index is 0.0167. The van der Waals surface area contributed by atoms with Gasteiger partial charge in [0.15, 0.2) is 5.16 Å². The van der Waals surface area contributed by atoms with Crippen LogP contribution in [0.3, 0.4) is 0 Å². The molecule has 1 amide bonds. The number of nitrogens with one attached hydrogen (secondary N) is 1. The van der Waals surface area contributed by atoms with Crippen molar-refractivity contribution in [3.63, 3.8) is 0 Å². The summed E-state index contributed by atoms with van der Waals surface area (Å²) in [6.45, 7) is 8.36. The van der Waals surface area contributed by atoms with Gasteiger partial charge in [-0.2, -0.15) is 0 Å². The Morgan fingerprint density at radius 3 is 2.62 bits per heavy atom. The van der Waals surface area contributed by atoms with Gasteiger partial charge in [0.05, 0.1) is 21.2 Å². The molecule has 0 fully saturated rings. The number of carbonyl (C=O) groups is 1. The predicted octanol–water partition coefficient (Wildman–Crippen LogP) is 3.44. The number of amides is 1. The van der Waals surface area contributed by atoms with E-state index in [1.54, 1.807) is 6.07 Å². The Labute approximate surface area is 174 Å². The van der Waals surface area contributed by atoms with Crippen LogP contribution in [-0.2, 0) is 21.4 Å².